The van der Waals surface area contributed by atoms with Gasteiger partial charge in [0.2, 0.25) is 11.8 Å². The Labute approximate surface area is 144 Å². The first-order valence-electron chi connectivity index (χ1n) is 8.05. The lowest BCUT2D eigenvalue weighted by molar-refractivity contribution is -0.123. The topological polar surface area (TPSA) is 63.7 Å². The maximum Gasteiger partial charge on any atom is 0.339 e. The van der Waals surface area contributed by atoms with Crippen molar-refractivity contribution in [2.75, 3.05) is 11.5 Å². The van der Waals surface area contributed by atoms with Crippen LogP contribution in [-0.4, -0.2) is 24.4 Å². The van der Waals surface area contributed by atoms with E-state index in [9.17, 15) is 14.4 Å². The molecule has 1 heterocycles. The fraction of sp³-hybridized carbons (Fsp3) is 0.389. The quantitative estimate of drug-likeness (QED) is 0.480. The van der Waals surface area contributed by atoms with Gasteiger partial charge in [0.15, 0.2) is 0 Å². The highest BCUT2D eigenvalue weighted by molar-refractivity contribution is 6.34. The summed E-state index contributed by atoms with van der Waals surface area (Å²) in [6.45, 7) is 1.92. The van der Waals surface area contributed by atoms with Gasteiger partial charge < -0.3 is 4.74 Å². The number of ether oxygens (including phenoxy) is 1. The zero-order valence-electron chi connectivity index (χ0n) is 13.1. The Morgan fingerprint density at radius 2 is 1.83 bits per heavy atom. The summed E-state index contributed by atoms with van der Waals surface area (Å²) in [5.74, 6) is -1.16. The van der Waals surface area contributed by atoms with E-state index >= 15 is 0 Å². The van der Waals surface area contributed by atoms with E-state index in [4.69, 9.17) is 16.3 Å². The Balaban J connectivity index is 1.70. The molecule has 0 radical (unpaired) electrons. The Morgan fingerprint density at radius 3 is 2.42 bits per heavy atom. The number of allylic oxidation sites excluding steroid dienone is 2. The van der Waals surface area contributed by atoms with Gasteiger partial charge in [0.1, 0.15) is 0 Å². The molecular formula is C18H16ClNO4. The zero-order valence-corrected chi connectivity index (χ0v) is 13.8. The van der Waals surface area contributed by atoms with Crippen LogP contribution < -0.4 is 4.90 Å². The number of benzene rings is 1. The summed E-state index contributed by atoms with van der Waals surface area (Å²) in [5, 5.41) is 0.234. The number of hydrogen-bond acceptors (Lipinski definition) is 4. The Bertz CT molecular complexity index is 757. The maximum absolute atomic E-state index is 12.8. The smallest absolute Gasteiger partial charge is 0.339 e. The van der Waals surface area contributed by atoms with Gasteiger partial charge in [-0.05, 0) is 43.4 Å². The molecule has 0 aromatic heterocycles. The highest BCUT2D eigenvalue weighted by Crippen LogP contribution is 2.53. The number of hydrogen-bond donors (Lipinski definition) is 0. The van der Waals surface area contributed by atoms with Crippen LogP contribution in [0.3, 0.4) is 0 Å². The second kappa shape index (κ2) is 5.45. The van der Waals surface area contributed by atoms with E-state index in [2.05, 4.69) is 0 Å². The molecule has 0 unspecified atom stereocenters. The lowest BCUT2D eigenvalue weighted by Crippen LogP contribution is -2.33. The Hall–Kier alpha value is -2.14. The highest BCUT2D eigenvalue weighted by Gasteiger charge is 2.59. The average Bonchev–Trinajstić information content (AvgIpc) is 3.23. The molecule has 2 bridgehead atoms. The average molecular weight is 346 g/mol. The molecular weight excluding hydrogens is 330 g/mol. The van der Waals surface area contributed by atoms with Crippen LogP contribution in [0.1, 0.15) is 23.7 Å². The van der Waals surface area contributed by atoms with E-state index in [0.29, 0.717) is 5.69 Å². The first-order chi connectivity index (χ1) is 11.5. The number of halogens is 1. The lowest BCUT2D eigenvalue weighted by atomic mass is 9.85. The molecule has 2 aliphatic carbocycles. The van der Waals surface area contributed by atoms with Gasteiger partial charge in [0, 0.05) is 0 Å². The van der Waals surface area contributed by atoms with Crippen molar-refractivity contribution in [2.45, 2.75) is 13.3 Å². The van der Waals surface area contributed by atoms with Gasteiger partial charge in [-0.3, -0.25) is 9.59 Å². The van der Waals surface area contributed by atoms with E-state index in [1.807, 2.05) is 12.2 Å². The number of esters is 1. The molecule has 1 saturated carbocycles. The van der Waals surface area contributed by atoms with Crippen LogP contribution in [0, 0.1) is 23.7 Å². The molecule has 4 atom stereocenters. The molecule has 1 aromatic rings. The predicted molar refractivity (Wildman–Crippen MR) is 87.6 cm³/mol. The minimum atomic E-state index is -0.564. The lowest BCUT2D eigenvalue weighted by Gasteiger charge is -2.18. The van der Waals surface area contributed by atoms with Gasteiger partial charge >= 0.3 is 5.97 Å². The van der Waals surface area contributed by atoms with Crippen molar-refractivity contribution < 1.29 is 19.1 Å². The van der Waals surface area contributed by atoms with Crippen molar-refractivity contribution in [3.8, 4) is 0 Å². The third kappa shape index (κ3) is 2.04. The first kappa shape index (κ1) is 15.4. The van der Waals surface area contributed by atoms with Crippen molar-refractivity contribution in [3.05, 3.63) is 40.9 Å². The largest absolute Gasteiger partial charge is 0.462 e. The van der Waals surface area contributed by atoms with Crippen molar-refractivity contribution in [1.82, 2.24) is 0 Å². The van der Waals surface area contributed by atoms with Crippen molar-refractivity contribution >= 4 is 35.1 Å². The number of amides is 2. The number of carbonyl (C=O) groups excluding carboxylic acids is 3. The molecule has 1 aromatic carbocycles. The van der Waals surface area contributed by atoms with Crippen LogP contribution in [0.2, 0.25) is 5.02 Å². The standard InChI is InChI=1S/C18H16ClNO4/c1-2-24-18(23)12-8-11(5-6-13(12)19)20-16(21)14-9-3-4-10(7-9)15(14)17(20)22/h3-6,8-10,14-15H,2,7H2,1H3/t9-,10+,14+,15-. The SMILES string of the molecule is CCOC(=O)c1cc(N2C(=O)[C@@H]3[C@H](C2=O)[C@H]2C=C[C@@H]3C2)ccc1Cl. The van der Waals surface area contributed by atoms with Gasteiger partial charge in [-0.1, -0.05) is 23.8 Å². The minimum Gasteiger partial charge on any atom is -0.462 e. The van der Waals surface area contributed by atoms with Gasteiger partial charge in [-0.2, -0.15) is 0 Å². The zero-order chi connectivity index (χ0) is 17.0. The maximum atomic E-state index is 12.8. The van der Waals surface area contributed by atoms with Crippen LogP contribution in [0.4, 0.5) is 5.69 Å². The summed E-state index contributed by atoms with van der Waals surface area (Å²) >= 11 is 6.06. The normalized spacial score (nSPS) is 30.2. The fourth-order valence-electron chi connectivity index (χ4n) is 4.17. The molecule has 6 heteroatoms. The molecule has 1 saturated heterocycles. The van der Waals surface area contributed by atoms with Crippen molar-refractivity contribution in [2.24, 2.45) is 23.7 Å². The first-order valence-corrected chi connectivity index (χ1v) is 8.43. The molecule has 0 N–H and O–H groups in total. The van der Waals surface area contributed by atoms with Crippen LogP contribution in [-0.2, 0) is 14.3 Å². The van der Waals surface area contributed by atoms with E-state index in [0.717, 1.165) is 6.42 Å². The van der Waals surface area contributed by atoms with E-state index in [1.165, 1.54) is 17.0 Å². The third-order valence-corrected chi connectivity index (χ3v) is 5.50. The molecule has 4 rings (SSSR count). The molecule has 24 heavy (non-hydrogen) atoms. The number of rotatable bonds is 3. The van der Waals surface area contributed by atoms with E-state index < -0.39 is 5.97 Å². The number of imide groups is 1. The van der Waals surface area contributed by atoms with Crippen LogP contribution in [0.25, 0.3) is 0 Å². The van der Waals surface area contributed by atoms with Gasteiger partial charge in [-0.25, -0.2) is 9.69 Å². The summed E-state index contributed by atoms with van der Waals surface area (Å²) in [5.41, 5.74) is 0.543. The van der Waals surface area contributed by atoms with Crippen molar-refractivity contribution in [3.63, 3.8) is 0 Å². The summed E-state index contributed by atoms with van der Waals surface area (Å²) in [7, 11) is 0. The second-order valence-electron chi connectivity index (χ2n) is 6.40. The molecule has 3 aliphatic rings. The van der Waals surface area contributed by atoms with Gasteiger partial charge in [-0.15, -0.1) is 0 Å². The molecule has 5 nitrogen and oxygen atoms in total. The predicted octanol–water partition coefficient (Wildman–Crippen LogP) is 2.83. The van der Waals surface area contributed by atoms with Gasteiger partial charge in [0.05, 0.1) is 34.7 Å². The summed E-state index contributed by atoms with van der Waals surface area (Å²) in [4.78, 5) is 38.8. The summed E-state index contributed by atoms with van der Waals surface area (Å²) < 4.78 is 4.98. The molecule has 0 spiro atoms. The number of nitrogens with zero attached hydrogens (tertiary/aromatic N) is 1. The number of fused-ring (bicyclic) bond motifs is 5. The Morgan fingerprint density at radius 1 is 1.21 bits per heavy atom. The number of carbonyl (C=O) groups is 3. The number of anilines is 1. The third-order valence-electron chi connectivity index (χ3n) is 5.17. The summed E-state index contributed by atoms with van der Waals surface area (Å²) in [6.07, 6.45) is 4.98. The fourth-order valence-corrected chi connectivity index (χ4v) is 4.37. The van der Waals surface area contributed by atoms with Gasteiger partial charge in [0.25, 0.3) is 0 Å². The van der Waals surface area contributed by atoms with Crippen LogP contribution in [0.5, 0.6) is 0 Å². The monoisotopic (exact) mass is 345 g/mol. The van der Waals surface area contributed by atoms with Crippen molar-refractivity contribution in [1.29, 1.82) is 0 Å². The van der Waals surface area contributed by atoms with Crippen LogP contribution in [0.15, 0.2) is 30.4 Å². The second-order valence-corrected chi connectivity index (χ2v) is 6.80. The van der Waals surface area contributed by atoms with E-state index in [1.54, 1.807) is 13.0 Å². The molecule has 124 valence electrons. The Kier molecular flexibility index (Phi) is 3.49. The highest BCUT2D eigenvalue weighted by atomic mass is 35.5. The minimum absolute atomic E-state index is 0.151. The molecule has 2 amide bonds. The summed E-state index contributed by atoms with van der Waals surface area (Å²) in [6, 6.07) is 4.58. The van der Waals surface area contributed by atoms with Crippen LogP contribution >= 0.6 is 11.6 Å². The molecule has 1 aliphatic heterocycles. The molecule has 2 fully saturated rings. The van der Waals surface area contributed by atoms with E-state index in [-0.39, 0.29) is 52.7 Å².